The highest BCUT2D eigenvalue weighted by molar-refractivity contribution is 5.69. The molecule has 0 aromatic heterocycles. The van der Waals surface area contributed by atoms with Gasteiger partial charge in [-0.3, -0.25) is 4.79 Å². The zero-order valence-corrected chi connectivity index (χ0v) is 20.9. The van der Waals surface area contributed by atoms with Crippen molar-refractivity contribution in [1.29, 1.82) is 0 Å². The summed E-state index contributed by atoms with van der Waals surface area (Å²) in [4.78, 5) is 11.7. The lowest BCUT2D eigenvalue weighted by atomic mass is 9.43. The molecule has 10 atom stereocenters. The maximum atomic E-state index is 11.7. The lowest BCUT2D eigenvalue weighted by Gasteiger charge is -2.62. The van der Waals surface area contributed by atoms with Crippen molar-refractivity contribution in [2.24, 2.45) is 52.1 Å². The van der Waals surface area contributed by atoms with E-state index in [1.54, 1.807) is 0 Å². The summed E-state index contributed by atoms with van der Waals surface area (Å²) >= 11 is 0. The molecule has 0 heterocycles. The van der Waals surface area contributed by atoms with Crippen LogP contribution in [0.4, 0.5) is 0 Å². The molecule has 4 aliphatic carbocycles. The first-order valence-corrected chi connectivity index (χ1v) is 13.4. The number of hydrogen-bond acceptors (Lipinski definition) is 5. The van der Waals surface area contributed by atoms with Crippen LogP contribution in [0.25, 0.3) is 0 Å². The third-order valence-corrected chi connectivity index (χ3v) is 11.1. The molecule has 0 aromatic rings. The molecule has 4 rings (SSSR count). The van der Waals surface area contributed by atoms with E-state index in [9.17, 15) is 9.90 Å². The summed E-state index contributed by atoms with van der Waals surface area (Å²) < 4.78 is 4.89. The van der Waals surface area contributed by atoms with E-state index in [1.807, 2.05) is 0 Å². The standard InChI is InChI=1S/C27H48N2O3/c1-17(5-8-24(31)32-4)20-6-7-21-25-22(10-12-27(20,21)3)26(2)11-9-19(29-14-13-28)15-18(26)16-23(25)30/h17-23,25,29-30H,5-16,28H2,1-4H3/t17?,18-,19-,20+,21?,22?,23?,25?,26-,27+/m0/s1. The van der Waals surface area contributed by atoms with E-state index in [0.29, 0.717) is 65.3 Å². The Morgan fingerprint density at radius 1 is 1.12 bits per heavy atom. The third-order valence-electron chi connectivity index (χ3n) is 11.1. The number of aliphatic hydroxyl groups excluding tert-OH is 1. The molecule has 4 fully saturated rings. The summed E-state index contributed by atoms with van der Waals surface area (Å²) in [5.74, 6) is 3.49. The first-order chi connectivity index (χ1) is 15.2. The maximum absolute atomic E-state index is 11.7. The SMILES string of the molecule is COC(=O)CCC(C)[C@H]1CCC2C3C(O)C[C@@H]4C[C@@H](NCCN)CC[C@]4(C)C3CC[C@@]21C. The third kappa shape index (κ3) is 4.15. The van der Waals surface area contributed by atoms with E-state index in [4.69, 9.17) is 10.5 Å². The van der Waals surface area contributed by atoms with Gasteiger partial charge in [0.2, 0.25) is 0 Å². The number of rotatable bonds is 7. The molecule has 4 saturated carbocycles. The van der Waals surface area contributed by atoms with Crippen molar-refractivity contribution >= 4 is 5.97 Å². The van der Waals surface area contributed by atoms with Crippen molar-refractivity contribution in [3.63, 3.8) is 0 Å². The van der Waals surface area contributed by atoms with Crippen LogP contribution in [0.5, 0.6) is 0 Å². The number of aliphatic hydroxyl groups is 1. The molecule has 0 spiro atoms. The molecule has 0 aliphatic heterocycles. The maximum Gasteiger partial charge on any atom is 0.305 e. The molecular weight excluding hydrogens is 400 g/mol. The van der Waals surface area contributed by atoms with Crippen molar-refractivity contribution in [2.45, 2.75) is 97.1 Å². The quantitative estimate of drug-likeness (QED) is 0.510. The molecule has 0 aromatic carbocycles. The van der Waals surface area contributed by atoms with Gasteiger partial charge in [-0.2, -0.15) is 0 Å². The van der Waals surface area contributed by atoms with Gasteiger partial charge in [-0.05, 0) is 104 Å². The molecule has 184 valence electrons. The zero-order valence-electron chi connectivity index (χ0n) is 20.9. The monoisotopic (exact) mass is 448 g/mol. The number of esters is 1. The average molecular weight is 449 g/mol. The molecule has 4 aliphatic rings. The van der Waals surface area contributed by atoms with E-state index in [-0.39, 0.29) is 12.1 Å². The van der Waals surface area contributed by atoms with Crippen molar-refractivity contribution in [1.82, 2.24) is 5.32 Å². The van der Waals surface area contributed by atoms with Crippen molar-refractivity contribution in [2.75, 3.05) is 20.2 Å². The molecule has 5 nitrogen and oxygen atoms in total. The first-order valence-electron chi connectivity index (χ1n) is 13.4. The van der Waals surface area contributed by atoms with Gasteiger partial charge < -0.3 is 20.9 Å². The summed E-state index contributed by atoms with van der Waals surface area (Å²) in [6.07, 6.45) is 11.1. The molecule has 32 heavy (non-hydrogen) atoms. The van der Waals surface area contributed by atoms with Gasteiger partial charge in [-0.15, -0.1) is 0 Å². The molecule has 0 bridgehead atoms. The largest absolute Gasteiger partial charge is 0.469 e. The predicted molar refractivity (Wildman–Crippen MR) is 128 cm³/mol. The number of fused-ring (bicyclic) bond motifs is 5. The van der Waals surface area contributed by atoms with Crippen LogP contribution in [0.2, 0.25) is 0 Å². The highest BCUT2D eigenvalue weighted by Crippen LogP contribution is 2.68. The highest BCUT2D eigenvalue weighted by Gasteiger charge is 2.62. The van der Waals surface area contributed by atoms with Gasteiger partial charge in [0.05, 0.1) is 13.2 Å². The van der Waals surface area contributed by atoms with Gasteiger partial charge in [0.1, 0.15) is 0 Å². The number of nitrogens with one attached hydrogen (secondary N) is 1. The fourth-order valence-corrected chi connectivity index (χ4v) is 9.32. The summed E-state index contributed by atoms with van der Waals surface area (Å²) in [6.45, 7) is 9.03. The second-order valence-corrected chi connectivity index (χ2v) is 12.3. The van der Waals surface area contributed by atoms with Crippen LogP contribution in [0.15, 0.2) is 0 Å². The number of carbonyl (C=O) groups excluding carboxylic acids is 1. The minimum atomic E-state index is -0.153. The Bertz CT molecular complexity index is 671. The Labute approximate surface area is 195 Å². The van der Waals surface area contributed by atoms with Gasteiger partial charge in [0.25, 0.3) is 0 Å². The van der Waals surface area contributed by atoms with E-state index in [0.717, 1.165) is 19.4 Å². The Hall–Kier alpha value is -0.650. The fourth-order valence-electron chi connectivity index (χ4n) is 9.32. The van der Waals surface area contributed by atoms with Crippen LogP contribution >= 0.6 is 0 Å². The number of methoxy groups -OCH3 is 1. The number of nitrogens with two attached hydrogens (primary N) is 1. The fraction of sp³-hybridized carbons (Fsp3) is 0.963. The van der Waals surface area contributed by atoms with Crippen molar-refractivity contribution in [3.05, 3.63) is 0 Å². The van der Waals surface area contributed by atoms with Crippen LogP contribution in [0.1, 0.15) is 85.0 Å². The van der Waals surface area contributed by atoms with Crippen LogP contribution in [0, 0.1) is 46.3 Å². The normalized spacial score (nSPS) is 46.6. The predicted octanol–water partition coefficient (Wildman–Crippen LogP) is 4.12. The van der Waals surface area contributed by atoms with E-state index < -0.39 is 0 Å². The summed E-state index contributed by atoms with van der Waals surface area (Å²) in [6, 6.07) is 0.570. The van der Waals surface area contributed by atoms with Crippen LogP contribution in [-0.2, 0) is 9.53 Å². The Morgan fingerprint density at radius 2 is 1.84 bits per heavy atom. The van der Waals surface area contributed by atoms with Gasteiger partial charge in [0, 0.05) is 25.6 Å². The molecule has 4 N–H and O–H groups in total. The molecule has 5 heteroatoms. The van der Waals surface area contributed by atoms with Gasteiger partial charge in [-0.1, -0.05) is 20.8 Å². The van der Waals surface area contributed by atoms with Gasteiger partial charge in [0.15, 0.2) is 0 Å². The van der Waals surface area contributed by atoms with E-state index >= 15 is 0 Å². The Balaban J connectivity index is 1.48. The minimum Gasteiger partial charge on any atom is -0.469 e. The van der Waals surface area contributed by atoms with Gasteiger partial charge in [-0.25, -0.2) is 0 Å². The van der Waals surface area contributed by atoms with Crippen molar-refractivity contribution < 1.29 is 14.6 Å². The zero-order chi connectivity index (χ0) is 23.1. The smallest absolute Gasteiger partial charge is 0.305 e. The van der Waals surface area contributed by atoms with E-state index in [2.05, 4.69) is 26.1 Å². The molecule has 0 radical (unpaired) electrons. The lowest BCUT2D eigenvalue weighted by molar-refractivity contribution is -0.167. The summed E-state index contributed by atoms with van der Waals surface area (Å²) in [5.41, 5.74) is 6.40. The molecule has 5 unspecified atom stereocenters. The van der Waals surface area contributed by atoms with Crippen LogP contribution in [0.3, 0.4) is 0 Å². The first kappa shape index (κ1) is 24.5. The highest BCUT2D eigenvalue weighted by atomic mass is 16.5. The number of carbonyl (C=O) groups is 1. The number of hydrogen-bond donors (Lipinski definition) is 3. The summed E-state index contributed by atoms with van der Waals surface area (Å²) in [7, 11) is 1.49. The topological polar surface area (TPSA) is 84.6 Å². The van der Waals surface area contributed by atoms with Crippen molar-refractivity contribution in [3.8, 4) is 0 Å². The molecule has 0 saturated heterocycles. The van der Waals surface area contributed by atoms with E-state index in [1.165, 1.54) is 52.1 Å². The summed E-state index contributed by atoms with van der Waals surface area (Å²) in [5, 5.41) is 15.2. The lowest BCUT2D eigenvalue weighted by Crippen LogP contribution is -2.59. The van der Waals surface area contributed by atoms with Gasteiger partial charge >= 0.3 is 5.97 Å². The van der Waals surface area contributed by atoms with Crippen LogP contribution < -0.4 is 11.1 Å². The number of ether oxygens (including phenoxy) is 1. The molecular formula is C27H48N2O3. The Kier molecular flexibility index (Phi) is 7.30. The van der Waals surface area contributed by atoms with Crippen LogP contribution in [-0.4, -0.2) is 43.4 Å². The second kappa shape index (κ2) is 9.54. The minimum absolute atomic E-state index is 0.0847. The average Bonchev–Trinajstić information content (AvgIpc) is 3.13. The molecule has 0 amide bonds. The second-order valence-electron chi connectivity index (χ2n) is 12.3. The Morgan fingerprint density at radius 3 is 2.56 bits per heavy atom.